The van der Waals surface area contributed by atoms with Crippen LogP contribution in [0.5, 0.6) is 0 Å². The van der Waals surface area contributed by atoms with Crippen LogP contribution in [0.2, 0.25) is 10.0 Å². The summed E-state index contributed by atoms with van der Waals surface area (Å²) in [5, 5.41) is 55.8. The number of hydrogen-bond donors (Lipinski definition) is 4. The van der Waals surface area contributed by atoms with Crippen molar-refractivity contribution >= 4 is 34.6 Å². The molecule has 0 radical (unpaired) electrons. The average Bonchev–Trinajstić information content (AvgIpc) is 3.53. The Morgan fingerprint density at radius 2 is 1.06 bits per heavy atom. The van der Waals surface area contributed by atoms with E-state index in [9.17, 15) is 30.4 Å². The van der Waals surface area contributed by atoms with Gasteiger partial charge in [-0.05, 0) is 12.1 Å². The number of hydrogen-bond acceptors (Lipinski definition) is 12. The minimum absolute atomic E-state index is 0.0159. The van der Waals surface area contributed by atoms with Crippen LogP contribution in [-0.4, -0.2) is 49.8 Å². The first kappa shape index (κ1) is 26.2. The zero-order valence-corrected chi connectivity index (χ0v) is 19.3. The lowest BCUT2D eigenvalue weighted by atomic mass is 10.1. The number of aliphatic hydroxyl groups is 2. The van der Waals surface area contributed by atoms with E-state index in [-0.39, 0.29) is 32.5 Å². The highest BCUT2D eigenvalue weighted by molar-refractivity contribution is 6.32. The van der Waals surface area contributed by atoms with Crippen LogP contribution in [0.1, 0.15) is 23.6 Å². The van der Waals surface area contributed by atoms with Crippen molar-refractivity contribution in [2.45, 2.75) is 12.5 Å². The highest BCUT2D eigenvalue weighted by atomic mass is 35.5. The Balaban J connectivity index is 0.000000201. The van der Waals surface area contributed by atoms with Gasteiger partial charge in [-0.1, -0.05) is 35.3 Å². The predicted octanol–water partition coefficient (Wildman–Crippen LogP) is 2.15. The molecule has 36 heavy (non-hydrogen) atoms. The van der Waals surface area contributed by atoms with Crippen molar-refractivity contribution in [2.75, 3.05) is 10.9 Å². The smallest absolute Gasteiger partial charge is 0.278 e. The van der Waals surface area contributed by atoms with E-state index in [0.29, 0.717) is 0 Å². The molecule has 4 aromatic rings. The Labute approximate surface area is 211 Å². The molecule has 2 aromatic carbocycles. The lowest BCUT2D eigenvalue weighted by molar-refractivity contribution is -0.386. The molecule has 0 spiro atoms. The number of nitro benzene ring substituents is 2. The number of nitro groups is 2. The zero-order valence-electron chi connectivity index (χ0n) is 17.8. The van der Waals surface area contributed by atoms with Gasteiger partial charge in [-0.15, -0.1) is 20.4 Å². The Kier molecular flexibility index (Phi) is 8.63. The van der Waals surface area contributed by atoms with Crippen LogP contribution < -0.4 is 10.9 Å². The molecule has 0 bridgehead atoms. The standard InChI is InChI=1S/2C9H8ClN5O3/c2*10-6-2-1-3-7(15(17)18)8(6)9(16)13-14-4-11-12-5-14/h2*1-5,9,13,16H/t2*9-/m11/s1. The van der Waals surface area contributed by atoms with Crippen molar-refractivity contribution in [3.05, 3.63) is 103 Å². The van der Waals surface area contributed by atoms with Gasteiger partial charge in [-0.25, -0.2) is 9.35 Å². The van der Waals surface area contributed by atoms with Gasteiger partial charge in [0.25, 0.3) is 11.4 Å². The van der Waals surface area contributed by atoms with Crippen LogP contribution in [0.25, 0.3) is 0 Å². The summed E-state index contributed by atoms with van der Waals surface area (Å²) < 4.78 is 2.52. The van der Waals surface area contributed by atoms with E-state index in [4.69, 9.17) is 23.2 Å². The second kappa shape index (κ2) is 11.8. The van der Waals surface area contributed by atoms with E-state index >= 15 is 0 Å². The molecule has 188 valence electrons. The quantitative estimate of drug-likeness (QED) is 0.144. The average molecular weight is 539 g/mol. The third-order valence-corrected chi connectivity index (χ3v) is 5.04. The van der Waals surface area contributed by atoms with Gasteiger partial charge in [0.05, 0.1) is 31.0 Å². The van der Waals surface area contributed by atoms with Crippen LogP contribution in [0.15, 0.2) is 61.7 Å². The predicted molar refractivity (Wildman–Crippen MR) is 125 cm³/mol. The van der Waals surface area contributed by atoms with Crippen molar-refractivity contribution in [3.8, 4) is 0 Å². The molecule has 0 amide bonds. The minimum Gasteiger partial charge on any atom is -0.368 e. The van der Waals surface area contributed by atoms with Gasteiger partial charge in [0.1, 0.15) is 25.3 Å². The molecule has 0 saturated carbocycles. The minimum atomic E-state index is -1.35. The number of nitrogens with zero attached hydrogens (tertiary/aromatic N) is 8. The molecule has 0 unspecified atom stereocenters. The SMILES string of the molecule is O=[N+]([O-])c1cccc(Cl)c1[C@@H](O)Nn1cnnc1.O=[N+]([O-])c1cccc(Cl)c1[C@@H](O)Nn1cnnc1. The van der Waals surface area contributed by atoms with E-state index in [1.54, 1.807) is 0 Å². The third kappa shape index (κ3) is 6.39. The van der Waals surface area contributed by atoms with Crippen LogP contribution >= 0.6 is 23.2 Å². The number of benzene rings is 2. The summed E-state index contributed by atoms with van der Waals surface area (Å²) in [6.07, 6.45) is 2.49. The maximum absolute atomic E-state index is 10.9. The molecule has 0 saturated heterocycles. The molecule has 0 fully saturated rings. The van der Waals surface area contributed by atoms with Crippen LogP contribution in [0.4, 0.5) is 11.4 Å². The number of halogens is 2. The van der Waals surface area contributed by atoms with Crippen LogP contribution in [0, 0.1) is 20.2 Å². The normalized spacial score (nSPS) is 12.1. The van der Waals surface area contributed by atoms with E-state index in [0.717, 1.165) is 0 Å². The molecular weight excluding hydrogens is 523 g/mol. The van der Waals surface area contributed by atoms with E-state index in [2.05, 4.69) is 31.2 Å². The monoisotopic (exact) mass is 538 g/mol. The van der Waals surface area contributed by atoms with Gasteiger partial charge < -0.3 is 10.2 Å². The molecule has 4 rings (SSSR count). The summed E-state index contributed by atoms with van der Waals surface area (Å²) in [6.45, 7) is 0. The lowest BCUT2D eigenvalue weighted by Crippen LogP contribution is -2.20. The molecule has 0 aliphatic heterocycles. The number of aliphatic hydroxyl groups excluding tert-OH is 2. The molecule has 2 heterocycles. The van der Waals surface area contributed by atoms with Crippen molar-refractivity contribution in [1.29, 1.82) is 0 Å². The Morgan fingerprint density at radius 3 is 1.36 bits per heavy atom. The van der Waals surface area contributed by atoms with Gasteiger partial charge in [-0.3, -0.25) is 31.1 Å². The highest BCUT2D eigenvalue weighted by Gasteiger charge is 2.24. The number of nitrogens with one attached hydrogen (secondary N) is 2. The second-order valence-corrected chi connectivity index (χ2v) is 7.48. The molecule has 0 aliphatic carbocycles. The largest absolute Gasteiger partial charge is 0.368 e. The number of aromatic nitrogens is 6. The molecule has 2 atom stereocenters. The number of rotatable bonds is 8. The maximum Gasteiger partial charge on any atom is 0.278 e. The Hall–Kier alpha value is -4.38. The van der Waals surface area contributed by atoms with Gasteiger partial charge in [0.2, 0.25) is 0 Å². The Bertz CT molecular complexity index is 1220. The first-order valence-electron chi connectivity index (χ1n) is 9.63. The molecule has 0 aliphatic rings. The topological polar surface area (TPSA) is 212 Å². The van der Waals surface area contributed by atoms with Crippen molar-refractivity contribution in [2.24, 2.45) is 0 Å². The van der Waals surface area contributed by atoms with Crippen molar-refractivity contribution < 1.29 is 20.1 Å². The molecular formula is C18H16Cl2N10O6. The Morgan fingerprint density at radius 1 is 0.722 bits per heavy atom. The van der Waals surface area contributed by atoms with Gasteiger partial charge in [0, 0.05) is 12.1 Å². The second-order valence-electron chi connectivity index (χ2n) is 6.66. The summed E-state index contributed by atoms with van der Waals surface area (Å²) in [7, 11) is 0. The highest BCUT2D eigenvalue weighted by Crippen LogP contribution is 2.32. The zero-order chi connectivity index (χ0) is 26.2. The van der Waals surface area contributed by atoms with E-state index in [1.807, 2.05) is 0 Å². The third-order valence-electron chi connectivity index (χ3n) is 4.38. The van der Waals surface area contributed by atoms with Crippen molar-refractivity contribution in [1.82, 2.24) is 29.7 Å². The summed E-state index contributed by atoms with van der Waals surface area (Å²) in [6, 6.07) is 8.32. The molecule has 18 heteroatoms. The fourth-order valence-corrected chi connectivity index (χ4v) is 3.40. The summed E-state index contributed by atoms with van der Waals surface area (Å²) in [5.41, 5.74) is 4.50. The molecule has 16 nitrogen and oxygen atoms in total. The van der Waals surface area contributed by atoms with Gasteiger partial charge in [-0.2, -0.15) is 0 Å². The van der Waals surface area contributed by atoms with E-state index < -0.39 is 22.3 Å². The van der Waals surface area contributed by atoms with Crippen LogP contribution in [0.3, 0.4) is 0 Å². The maximum atomic E-state index is 10.9. The molecule has 2 aromatic heterocycles. The first-order chi connectivity index (χ1) is 17.2. The summed E-state index contributed by atoms with van der Waals surface area (Å²) in [4.78, 5) is 20.5. The summed E-state index contributed by atoms with van der Waals surface area (Å²) in [5.74, 6) is 0. The van der Waals surface area contributed by atoms with Gasteiger partial charge >= 0.3 is 0 Å². The summed E-state index contributed by atoms with van der Waals surface area (Å²) >= 11 is 11.7. The van der Waals surface area contributed by atoms with Gasteiger partial charge in [0.15, 0.2) is 12.5 Å². The molecule has 4 N–H and O–H groups in total. The van der Waals surface area contributed by atoms with Crippen molar-refractivity contribution in [3.63, 3.8) is 0 Å². The van der Waals surface area contributed by atoms with Crippen LogP contribution in [-0.2, 0) is 0 Å². The van der Waals surface area contributed by atoms with E-state index in [1.165, 1.54) is 71.1 Å². The fourth-order valence-electron chi connectivity index (χ4n) is 2.86. The fraction of sp³-hybridized carbons (Fsp3) is 0.111. The lowest BCUT2D eigenvalue weighted by Gasteiger charge is -2.15. The first-order valence-corrected chi connectivity index (χ1v) is 10.4.